The zero-order valence-corrected chi connectivity index (χ0v) is 22.2. The SMILES string of the molecule is CCOC(=O)C1=C(C)N=c2s/c(=C\c3ccc(OC(=O)c4ccco4)cc3)c(=O)n2[C@H]1c1ccc(OC)cc1. The number of thiazole rings is 1. The normalized spacial score (nSPS) is 14.9. The number of ether oxygens (including phenoxy) is 3. The largest absolute Gasteiger partial charge is 0.497 e. The summed E-state index contributed by atoms with van der Waals surface area (Å²) in [6.07, 6.45) is 3.13. The number of aromatic nitrogens is 1. The molecule has 9 nitrogen and oxygen atoms in total. The second-order valence-electron chi connectivity index (χ2n) is 8.51. The van der Waals surface area contributed by atoms with Crippen molar-refractivity contribution in [2.24, 2.45) is 4.99 Å². The third-order valence-corrected chi connectivity index (χ3v) is 7.04. The fourth-order valence-corrected chi connectivity index (χ4v) is 5.28. The van der Waals surface area contributed by atoms with Crippen molar-refractivity contribution in [2.45, 2.75) is 19.9 Å². The Balaban J connectivity index is 1.53. The van der Waals surface area contributed by atoms with Crippen LogP contribution in [0.5, 0.6) is 11.5 Å². The van der Waals surface area contributed by atoms with Gasteiger partial charge in [-0.05, 0) is 67.4 Å². The first kappa shape index (κ1) is 25.9. The van der Waals surface area contributed by atoms with Gasteiger partial charge in [0.1, 0.15) is 11.5 Å². The molecule has 0 bridgehead atoms. The second kappa shape index (κ2) is 11.0. The zero-order valence-electron chi connectivity index (χ0n) is 21.4. The van der Waals surface area contributed by atoms with E-state index in [0.29, 0.717) is 32.1 Å². The number of esters is 2. The first-order chi connectivity index (χ1) is 18.9. The Hall–Kier alpha value is -4.70. The Labute approximate surface area is 226 Å². The van der Waals surface area contributed by atoms with Crippen LogP contribution in [0, 0.1) is 0 Å². The van der Waals surface area contributed by atoms with Gasteiger partial charge in [-0.1, -0.05) is 35.6 Å². The van der Waals surface area contributed by atoms with Gasteiger partial charge in [0.2, 0.25) is 5.76 Å². The van der Waals surface area contributed by atoms with Crippen LogP contribution in [0.15, 0.2) is 92.4 Å². The number of fused-ring (bicyclic) bond motifs is 1. The molecule has 4 aromatic rings. The summed E-state index contributed by atoms with van der Waals surface area (Å²) >= 11 is 1.23. The van der Waals surface area contributed by atoms with Gasteiger partial charge in [0.15, 0.2) is 4.80 Å². The Morgan fingerprint density at radius 1 is 1.05 bits per heavy atom. The van der Waals surface area contributed by atoms with E-state index in [4.69, 9.17) is 18.6 Å². The number of hydrogen-bond donors (Lipinski definition) is 0. The van der Waals surface area contributed by atoms with Crippen LogP contribution in [0.3, 0.4) is 0 Å². The van der Waals surface area contributed by atoms with Gasteiger partial charge >= 0.3 is 11.9 Å². The molecule has 2 aromatic heterocycles. The summed E-state index contributed by atoms with van der Waals surface area (Å²) in [6.45, 7) is 3.67. The average molecular weight is 545 g/mol. The lowest BCUT2D eigenvalue weighted by Gasteiger charge is -2.24. The summed E-state index contributed by atoms with van der Waals surface area (Å²) < 4.78 is 22.9. The summed E-state index contributed by atoms with van der Waals surface area (Å²) in [5.41, 5.74) is 1.96. The fraction of sp³-hybridized carbons (Fsp3) is 0.172. The Morgan fingerprint density at radius 3 is 2.41 bits per heavy atom. The van der Waals surface area contributed by atoms with E-state index in [1.165, 1.54) is 28.2 Å². The lowest BCUT2D eigenvalue weighted by Crippen LogP contribution is -2.39. The van der Waals surface area contributed by atoms with Crippen molar-refractivity contribution in [1.29, 1.82) is 0 Å². The van der Waals surface area contributed by atoms with E-state index in [1.807, 2.05) is 12.1 Å². The predicted octanol–water partition coefficient (Wildman–Crippen LogP) is 3.62. The maximum Gasteiger partial charge on any atom is 0.379 e. The number of allylic oxidation sites excluding steroid dienone is 1. The smallest absolute Gasteiger partial charge is 0.379 e. The summed E-state index contributed by atoms with van der Waals surface area (Å²) in [4.78, 5) is 43.9. The van der Waals surface area contributed by atoms with E-state index in [1.54, 1.807) is 69.5 Å². The average Bonchev–Trinajstić information content (AvgIpc) is 3.58. The summed E-state index contributed by atoms with van der Waals surface area (Å²) in [5.74, 6) is -0.0305. The maximum atomic E-state index is 13.7. The van der Waals surface area contributed by atoms with Crippen molar-refractivity contribution < 1.29 is 28.2 Å². The van der Waals surface area contributed by atoms with Crippen LogP contribution in [-0.4, -0.2) is 30.2 Å². The molecule has 1 atom stereocenters. The second-order valence-corrected chi connectivity index (χ2v) is 9.52. The van der Waals surface area contributed by atoms with Gasteiger partial charge in [-0.25, -0.2) is 14.6 Å². The molecule has 0 aliphatic carbocycles. The summed E-state index contributed by atoms with van der Waals surface area (Å²) in [5, 5.41) is 0. The van der Waals surface area contributed by atoms with E-state index in [0.717, 1.165) is 11.1 Å². The van der Waals surface area contributed by atoms with Crippen molar-refractivity contribution >= 4 is 29.4 Å². The highest BCUT2D eigenvalue weighted by atomic mass is 32.1. The highest BCUT2D eigenvalue weighted by Gasteiger charge is 2.33. The number of methoxy groups -OCH3 is 1. The van der Waals surface area contributed by atoms with Gasteiger partial charge in [-0.2, -0.15) is 0 Å². The van der Waals surface area contributed by atoms with Crippen LogP contribution in [0.4, 0.5) is 0 Å². The number of hydrogen-bond acceptors (Lipinski definition) is 9. The van der Waals surface area contributed by atoms with E-state index in [-0.39, 0.29) is 17.9 Å². The predicted molar refractivity (Wildman–Crippen MR) is 144 cm³/mol. The minimum absolute atomic E-state index is 0.101. The number of rotatable bonds is 7. The van der Waals surface area contributed by atoms with Gasteiger partial charge < -0.3 is 18.6 Å². The molecule has 0 amide bonds. The monoisotopic (exact) mass is 544 g/mol. The van der Waals surface area contributed by atoms with Crippen LogP contribution in [0.1, 0.15) is 41.6 Å². The third-order valence-electron chi connectivity index (χ3n) is 6.06. The number of carbonyl (C=O) groups excluding carboxylic acids is 2. The molecule has 10 heteroatoms. The third kappa shape index (κ3) is 5.19. The number of nitrogens with zero attached hydrogens (tertiary/aromatic N) is 2. The molecule has 0 fully saturated rings. The van der Waals surface area contributed by atoms with Gasteiger partial charge in [0.25, 0.3) is 5.56 Å². The van der Waals surface area contributed by atoms with Gasteiger partial charge in [-0.3, -0.25) is 9.36 Å². The molecule has 2 aromatic carbocycles. The lowest BCUT2D eigenvalue weighted by atomic mass is 9.96. The van der Waals surface area contributed by atoms with Crippen LogP contribution in [-0.2, 0) is 9.53 Å². The quantitative estimate of drug-likeness (QED) is 0.258. The number of carbonyl (C=O) groups is 2. The van der Waals surface area contributed by atoms with Crippen LogP contribution in [0.25, 0.3) is 6.08 Å². The molecule has 1 aliphatic rings. The molecule has 0 N–H and O–H groups in total. The minimum Gasteiger partial charge on any atom is -0.497 e. The van der Waals surface area contributed by atoms with E-state index >= 15 is 0 Å². The van der Waals surface area contributed by atoms with E-state index < -0.39 is 18.0 Å². The van der Waals surface area contributed by atoms with Crippen molar-refractivity contribution in [3.63, 3.8) is 0 Å². The molecule has 3 heterocycles. The Bertz CT molecular complexity index is 1730. The van der Waals surface area contributed by atoms with E-state index in [2.05, 4.69) is 4.99 Å². The van der Waals surface area contributed by atoms with Crippen molar-refractivity contribution in [2.75, 3.05) is 13.7 Å². The van der Waals surface area contributed by atoms with Crippen LogP contribution in [0.2, 0.25) is 0 Å². The first-order valence-electron chi connectivity index (χ1n) is 12.1. The standard InChI is InChI=1S/C29H24N2O7S/c1-4-36-28(34)24-17(2)30-29-31(25(24)19-9-13-20(35-3)14-10-19)26(32)23(39-29)16-18-7-11-21(12-8-18)38-27(33)22-6-5-15-37-22/h5-16,25H,4H2,1-3H3/b23-16-/t25-/m0/s1. The number of benzene rings is 2. The minimum atomic E-state index is -0.711. The van der Waals surface area contributed by atoms with Crippen LogP contribution >= 0.6 is 11.3 Å². The molecule has 0 saturated carbocycles. The Kier molecular flexibility index (Phi) is 7.29. The highest BCUT2D eigenvalue weighted by Crippen LogP contribution is 2.31. The lowest BCUT2D eigenvalue weighted by molar-refractivity contribution is -0.139. The van der Waals surface area contributed by atoms with Gasteiger partial charge in [-0.15, -0.1) is 0 Å². The van der Waals surface area contributed by atoms with Gasteiger partial charge in [0.05, 0.1) is 41.8 Å². The van der Waals surface area contributed by atoms with Crippen molar-refractivity contribution in [3.8, 4) is 11.5 Å². The maximum absolute atomic E-state index is 13.7. The molecule has 5 rings (SSSR count). The summed E-state index contributed by atoms with van der Waals surface area (Å²) in [7, 11) is 1.57. The van der Waals surface area contributed by atoms with Crippen molar-refractivity contribution in [3.05, 3.63) is 115 Å². The molecule has 1 aliphatic heterocycles. The van der Waals surface area contributed by atoms with Gasteiger partial charge in [0, 0.05) is 0 Å². The summed E-state index contributed by atoms with van der Waals surface area (Å²) in [6, 6.07) is 16.3. The molecule has 198 valence electrons. The molecular weight excluding hydrogens is 520 g/mol. The number of furan rings is 1. The van der Waals surface area contributed by atoms with Crippen LogP contribution < -0.4 is 24.4 Å². The molecule has 39 heavy (non-hydrogen) atoms. The molecule has 0 unspecified atom stereocenters. The highest BCUT2D eigenvalue weighted by molar-refractivity contribution is 7.07. The fourth-order valence-electron chi connectivity index (χ4n) is 4.23. The first-order valence-corrected chi connectivity index (χ1v) is 12.9. The van der Waals surface area contributed by atoms with Crippen molar-refractivity contribution in [1.82, 2.24) is 4.57 Å². The molecular formula is C29H24N2O7S. The topological polar surface area (TPSA) is 109 Å². The Morgan fingerprint density at radius 2 is 1.77 bits per heavy atom. The molecule has 0 saturated heterocycles. The molecule has 0 spiro atoms. The molecule has 0 radical (unpaired) electrons. The zero-order chi connectivity index (χ0) is 27.5. The van der Waals surface area contributed by atoms with E-state index in [9.17, 15) is 14.4 Å².